The second kappa shape index (κ2) is 6.99. The number of H-pyrrole nitrogens is 1. The van der Waals surface area contributed by atoms with Gasteiger partial charge in [0.2, 0.25) is 5.78 Å². The summed E-state index contributed by atoms with van der Waals surface area (Å²) in [4.78, 5) is 17.5. The van der Waals surface area contributed by atoms with E-state index in [1.165, 1.54) is 0 Å². The van der Waals surface area contributed by atoms with E-state index in [1.807, 2.05) is 35.9 Å². The molecule has 4 aromatic heterocycles. The number of hydrogen-bond donors (Lipinski definition) is 2. The normalized spacial score (nSPS) is 11.8. The van der Waals surface area contributed by atoms with E-state index < -0.39 is 0 Å². The van der Waals surface area contributed by atoms with Crippen molar-refractivity contribution in [2.75, 3.05) is 19.0 Å². The lowest BCUT2D eigenvalue weighted by molar-refractivity contribution is 0.103. The van der Waals surface area contributed by atoms with Crippen LogP contribution in [0.25, 0.3) is 20.4 Å². The van der Waals surface area contributed by atoms with Gasteiger partial charge in [-0.3, -0.25) is 4.79 Å². The van der Waals surface area contributed by atoms with Gasteiger partial charge in [0.05, 0.1) is 34.7 Å². The lowest BCUT2D eigenvalue weighted by atomic mass is 10.1. The Balaban J connectivity index is 1.71. The van der Waals surface area contributed by atoms with Crippen molar-refractivity contribution in [3.63, 3.8) is 0 Å². The Labute approximate surface area is 158 Å². The third-order valence-corrected chi connectivity index (χ3v) is 6.31. The zero-order chi connectivity index (χ0) is 17.4. The first-order valence-corrected chi connectivity index (χ1v) is 10.5. The summed E-state index contributed by atoms with van der Waals surface area (Å²) in [6.07, 6.45) is 0. The Kier molecular flexibility index (Phi) is 4.73. The summed E-state index contributed by atoms with van der Waals surface area (Å²) >= 11 is 7.47. The van der Waals surface area contributed by atoms with Crippen molar-refractivity contribution in [2.45, 2.75) is 13.5 Å². The second-order valence-corrected chi connectivity index (χ2v) is 8.09. The molecule has 0 saturated carbocycles. The number of carbonyl (C=O) groups excluding carboxylic acids is 1. The molecule has 4 rings (SSSR count). The largest absolute Gasteiger partial charge is 0.379 e. The summed E-state index contributed by atoms with van der Waals surface area (Å²) in [7, 11) is 0. The summed E-state index contributed by atoms with van der Waals surface area (Å²) in [5.41, 5.74) is 3.47. The molecule has 7 heteroatoms. The van der Waals surface area contributed by atoms with Crippen LogP contribution in [-0.4, -0.2) is 34.3 Å². The molecule has 4 aromatic rings. The average Bonchev–Trinajstić information content (AvgIpc) is 3.32. The van der Waals surface area contributed by atoms with Gasteiger partial charge in [-0.25, -0.2) is 0 Å². The maximum absolute atomic E-state index is 13.2. The predicted molar refractivity (Wildman–Crippen MR) is 109 cm³/mol. The quantitative estimate of drug-likeness (QED) is 0.272. The molecule has 0 radical (unpaired) electrons. The van der Waals surface area contributed by atoms with Crippen LogP contribution in [0.1, 0.15) is 21.7 Å². The SMILES string of the molecule is Cc1c(C(=O)c2cc3sccc3[nH]2)c2ccsc2n1CCOCCS. The van der Waals surface area contributed by atoms with Gasteiger partial charge in [-0.2, -0.15) is 12.6 Å². The molecule has 0 aliphatic heterocycles. The van der Waals surface area contributed by atoms with Gasteiger partial charge < -0.3 is 14.3 Å². The van der Waals surface area contributed by atoms with E-state index in [-0.39, 0.29) is 5.78 Å². The van der Waals surface area contributed by atoms with E-state index in [0.717, 1.165) is 38.2 Å². The standard InChI is InChI=1S/C18H18N2O2S3/c1-11-16(17(21)14-10-15-13(19-14)3-9-24-15)12-2-8-25-18(12)20(11)4-5-22-6-7-23/h2-3,8-10,19,23H,4-7H2,1H3. The topological polar surface area (TPSA) is 47.0 Å². The maximum Gasteiger partial charge on any atom is 0.211 e. The summed E-state index contributed by atoms with van der Waals surface area (Å²) < 4.78 is 8.87. The minimum absolute atomic E-state index is 0.0549. The number of rotatable bonds is 7. The molecule has 0 spiro atoms. The molecule has 0 aromatic carbocycles. The van der Waals surface area contributed by atoms with E-state index in [9.17, 15) is 4.79 Å². The van der Waals surface area contributed by atoms with Gasteiger partial charge in [0.25, 0.3) is 0 Å². The smallest absolute Gasteiger partial charge is 0.211 e. The molecule has 0 aliphatic rings. The van der Waals surface area contributed by atoms with Gasteiger partial charge >= 0.3 is 0 Å². The van der Waals surface area contributed by atoms with Crippen molar-refractivity contribution in [1.82, 2.24) is 9.55 Å². The number of nitrogens with one attached hydrogen (secondary N) is 1. The lowest BCUT2D eigenvalue weighted by Gasteiger charge is -2.08. The van der Waals surface area contributed by atoms with Gasteiger partial charge in [-0.05, 0) is 35.9 Å². The van der Waals surface area contributed by atoms with E-state index >= 15 is 0 Å². The number of thiol groups is 1. The highest BCUT2D eigenvalue weighted by Crippen LogP contribution is 2.32. The fourth-order valence-electron chi connectivity index (χ4n) is 3.17. The van der Waals surface area contributed by atoms with E-state index in [1.54, 1.807) is 22.7 Å². The van der Waals surface area contributed by atoms with Gasteiger partial charge in [-0.15, -0.1) is 22.7 Å². The first kappa shape index (κ1) is 16.9. The summed E-state index contributed by atoms with van der Waals surface area (Å²) in [5.74, 6) is 0.770. The molecule has 0 atom stereocenters. The summed E-state index contributed by atoms with van der Waals surface area (Å²) in [6, 6.07) is 6.00. The van der Waals surface area contributed by atoms with Crippen molar-refractivity contribution < 1.29 is 9.53 Å². The third kappa shape index (κ3) is 2.95. The number of carbonyl (C=O) groups is 1. The summed E-state index contributed by atoms with van der Waals surface area (Å²) in [5, 5.41) is 5.10. The molecule has 4 nitrogen and oxygen atoms in total. The monoisotopic (exact) mass is 390 g/mol. The van der Waals surface area contributed by atoms with Crippen LogP contribution in [0.3, 0.4) is 0 Å². The van der Waals surface area contributed by atoms with Crippen molar-refractivity contribution in [2.24, 2.45) is 0 Å². The Morgan fingerprint density at radius 1 is 1.28 bits per heavy atom. The third-order valence-electron chi connectivity index (χ3n) is 4.33. The number of hydrogen-bond acceptors (Lipinski definition) is 5. The highest BCUT2D eigenvalue weighted by atomic mass is 32.1. The van der Waals surface area contributed by atoms with Crippen LogP contribution in [0.4, 0.5) is 0 Å². The first-order valence-electron chi connectivity index (χ1n) is 8.06. The lowest BCUT2D eigenvalue weighted by Crippen LogP contribution is -2.10. The fourth-order valence-corrected chi connectivity index (χ4v) is 5.06. The van der Waals surface area contributed by atoms with E-state index in [4.69, 9.17) is 4.74 Å². The van der Waals surface area contributed by atoms with Gasteiger partial charge in [-0.1, -0.05) is 0 Å². The zero-order valence-electron chi connectivity index (χ0n) is 13.7. The number of aromatic amines is 1. The van der Waals surface area contributed by atoms with E-state index in [2.05, 4.69) is 22.2 Å². The first-order chi connectivity index (χ1) is 12.2. The molecule has 130 valence electrons. The van der Waals surface area contributed by atoms with E-state index in [0.29, 0.717) is 24.7 Å². The zero-order valence-corrected chi connectivity index (χ0v) is 16.3. The number of thiophene rings is 2. The fraction of sp³-hybridized carbons (Fsp3) is 0.278. The van der Waals surface area contributed by atoms with Crippen molar-refractivity contribution >= 4 is 61.5 Å². The molecular weight excluding hydrogens is 372 g/mol. The number of aromatic nitrogens is 2. The predicted octanol–water partition coefficient (Wildman–Crippen LogP) is 4.73. The van der Waals surface area contributed by atoms with Crippen molar-refractivity contribution in [1.29, 1.82) is 0 Å². The number of ether oxygens (including phenoxy) is 1. The Morgan fingerprint density at radius 2 is 2.12 bits per heavy atom. The van der Waals surface area contributed by atoms with Gasteiger partial charge in [0, 0.05) is 23.4 Å². The number of fused-ring (bicyclic) bond motifs is 2. The van der Waals surface area contributed by atoms with Gasteiger partial charge in [0.1, 0.15) is 4.83 Å². The average molecular weight is 391 g/mol. The Morgan fingerprint density at radius 3 is 2.92 bits per heavy atom. The van der Waals surface area contributed by atoms with Crippen LogP contribution in [-0.2, 0) is 11.3 Å². The number of nitrogens with zero attached hydrogens (tertiary/aromatic N) is 1. The van der Waals surface area contributed by atoms with Crippen molar-refractivity contribution in [3.05, 3.63) is 45.9 Å². The number of ketones is 1. The minimum Gasteiger partial charge on any atom is -0.379 e. The van der Waals surface area contributed by atoms with Crippen LogP contribution >= 0.6 is 35.3 Å². The summed E-state index contributed by atoms with van der Waals surface area (Å²) in [6.45, 7) is 4.02. The molecule has 4 heterocycles. The van der Waals surface area contributed by atoms with Crippen LogP contribution in [0.15, 0.2) is 29.0 Å². The molecule has 0 bridgehead atoms. The molecule has 25 heavy (non-hydrogen) atoms. The minimum atomic E-state index is 0.0549. The molecule has 0 unspecified atom stereocenters. The molecule has 0 saturated heterocycles. The Bertz CT molecular complexity index is 1010. The Hall–Kier alpha value is -1.54. The molecule has 0 fully saturated rings. The van der Waals surface area contributed by atoms with Crippen LogP contribution < -0.4 is 0 Å². The highest BCUT2D eigenvalue weighted by molar-refractivity contribution is 7.80. The second-order valence-electron chi connectivity index (χ2n) is 5.80. The molecular formula is C18H18N2O2S3. The molecule has 0 aliphatic carbocycles. The molecule has 0 amide bonds. The van der Waals surface area contributed by atoms with Crippen LogP contribution in [0.5, 0.6) is 0 Å². The molecule has 1 N–H and O–H groups in total. The maximum atomic E-state index is 13.2. The highest BCUT2D eigenvalue weighted by Gasteiger charge is 2.23. The van der Waals surface area contributed by atoms with Crippen molar-refractivity contribution in [3.8, 4) is 0 Å². The van der Waals surface area contributed by atoms with Gasteiger partial charge in [0.15, 0.2) is 0 Å². The van der Waals surface area contributed by atoms with Crippen LogP contribution in [0, 0.1) is 6.92 Å². The van der Waals surface area contributed by atoms with Crippen LogP contribution in [0.2, 0.25) is 0 Å².